The molecular weight excluding hydrogens is 152 g/mol. The Labute approximate surface area is 60.9 Å². The summed E-state index contributed by atoms with van der Waals surface area (Å²) in [7, 11) is 0. The van der Waals surface area contributed by atoms with E-state index in [0.29, 0.717) is 0 Å². The van der Waals surface area contributed by atoms with Crippen molar-refractivity contribution in [3.05, 3.63) is 11.8 Å². The number of azo groups is 1. The third kappa shape index (κ3) is 1.40. The number of carbonyl (C=O) groups is 2. The molecule has 0 saturated heterocycles. The molecule has 6 heteroatoms. The van der Waals surface area contributed by atoms with Gasteiger partial charge < -0.3 is 10.2 Å². The lowest BCUT2D eigenvalue weighted by Crippen LogP contribution is -2.23. The summed E-state index contributed by atoms with van der Waals surface area (Å²) < 4.78 is 0. The van der Waals surface area contributed by atoms with Crippen molar-refractivity contribution < 1.29 is 19.8 Å². The van der Waals surface area contributed by atoms with Gasteiger partial charge in [0.15, 0.2) is 0 Å². The minimum absolute atomic E-state index is 0.586. The highest BCUT2D eigenvalue weighted by Crippen LogP contribution is 2.09. The third-order valence-electron chi connectivity index (χ3n) is 1.06. The van der Waals surface area contributed by atoms with E-state index in [1.54, 1.807) is 0 Å². The zero-order valence-electron chi connectivity index (χ0n) is 5.26. The van der Waals surface area contributed by atoms with Crippen molar-refractivity contribution in [2.75, 3.05) is 0 Å². The average Bonchev–Trinajstić information content (AvgIpc) is 1.85. The van der Waals surface area contributed by atoms with E-state index in [2.05, 4.69) is 10.2 Å². The summed E-state index contributed by atoms with van der Waals surface area (Å²) in [5.74, 6) is -2.67. The number of carboxylic acids is 1. The van der Waals surface area contributed by atoms with Crippen LogP contribution in [0.2, 0.25) is 0 Å². The minimum Gasteiger partial charge on any atom is -0.509 e. The van der Waals surface area contributed by atoms with E-state index in [0.717, 1.165) is 6.08 Å². The normalized spacial score (nSPS) is 23.1. The standard InChI is InChI=1S/C5H4N2O4/c8-2-1-3(9)6-7-4(2)5(10)11/h1,4,8H,(H,10,11). The van der Waals surface area contributed by atoms with Crippen LogP contribution in [0.15, 0.2) is 22.1 Å². The number of nitrogens with zero attached hydrogens (tertiary/aromatic N) is 2. The van der Waals surface area contributed by atoms with Crippen molar-refractivity contribution in [1.29, 1.82) is 0 Å². The lowest BCUT2D eigenvalue weighted by molar-refractivity contribution is -0.138. The molecule has 1 unspecified atom stereocenters. The van der Waals surface area contributed by atoms with Gasteiger partial charge in [-0.05, 0) is 0 Å². The van der Waals surface area contributed by atoms with Crippen LogP contribution in [-0.4, -0.2) is 28.1 Å². The fraction of sp³-hybridized carbons (Fsp3) is 0.200. The molecule has 0 fully saturated rings. The maximum absolute atomic E-state index is 10.4. The first-order chi connectivity index (χ1) is 5.11. The Morgan fingerprint density at radius 3 is 2.73 bits per heavy atom. The van der Waals surface area contributed by atoms with Gasteiger partial charge in [0.2, 0.25) is 6.04 Å². The van der Waals surface area contributed by atoms with Crippen LogP contribution in [0.4, 0.5) is 0 Å². The SMILES string of the molecule is O=C1C=C(O)C(C(=O)O)N=N1. The highest BCUT2D eigenvalue weighted by molar-refractivity contribution is 5.91. The molecule has 1 aliphatic heterocycles. The molecular formula is C5H4N2O4. The first-order valence-corrected chi connectivity index (χ1v) is 2.69. The van der Waals surface area contributed by atoms with Crippen LogP contribution in [0.5, 0.6) is 0 Å². The van der Waals surface area contributed by atoms with E-state index in [-0.39, 0.29) is 0 Å². The largest absolute Gasteiger partial charge is 0.509 e. The van der Waals surface area contributed by atoms with Crippen LogP contribution in [0, 0.1) is 0 Å². The molecule has 1 rings (SSSR count). The Hall–Kier alpha value is -1.72. The minimum atomic E-state index is -1.42. The number of hydrogen-bond donors (Lipinski definition) is 2. The second kappa shape index (κ2) is 2.49. The van der Waals surface area contributed by atoms with Crippen molar-refractivity contribution in [1.82, 2.24) is 0 Å². The summed E-state index contributed by atoms with van der Waals surface area (Å²) in [5.41, 5.74) is 0. The number of carboxylic acid groups (broad SMARTS) is 1. The highest BCUT2D eigenvalue weighted by Gasteiger charge is 2.25. The van der Waals surface area contributed by atoms with Crippen molar-refractivity contribution in [2.45, 2.75) is 6.04 Å². The van der Waals surface area contributed by atoms with Gasteiger partial charge in [0.25, 0.3) is 5.91 Å². The maximum Gasteiger partial charge on any atom is 0.338 e. The third-order valence-corrected chi connectivity index (χ3v) is 1.06. The van der Waals surface area contributed by atoms with Crippen molar-refractivity contribution in [2.24, 2.45) is 10.2 Å². The first-order valence-electron chi connectivity index (χ1n) is 2.69. The van der Waals surface area contributed by atoms with Crippen LogP contribution in [-0.2, 0) is 9.59 Å². The quantitative estimate of drug-likeness (QED) is 0.552. The summed E-state index contributed by atoms with van der Waals surface area (Å²) >= 11 is 0. The predicted molar refractivity (Wildman–Crippen MR) is 32.0 cm³/mol. The number of rotatable bonds is 1. The van der Waals surface area contributed by atoms with Gasteiger partial charge in [-0.2, -0.15) is 5.11 Å². The number of hydrogen-bond acceptors (Lipinski definition) is 4. The van der Waals surface area contributed by atoms with Gasteiger partial charge in [-0.3, -0.25) is 4.79 Å². The van der Waals surface area contributed by atoms with Crippen molar-refractivity contribution in [3.63, 3.8) is 0 Å². The Kier molecular flexibility index (Phi) is 1.67. The van der Waals surface area contributed by atoms with Crippen LogP contribution in [0.25, 0.3) is 0 Å². The zero-order chi connectivity index (χ0) is 8.43. The fourth-order valence-corrected chi connectivity index (χ4v) is 0.584. The van der Waals surface area contributed by atoms with Crippen LogP contribution >= 0.6 is 0 Å². The van der Waals surface area contributed by atoms with Crippen LogP contribution in [0.1, 0.15) is 0 Å². The van der Waals surface area contributed by atoms with Gasteiger partial charge >= 0.3 is 5.97 Å². The molecule has 11 heavy (non-hydrogen) atoms. The second-order valence-electron chi connectivity index (χ2n) is 1.86. The average molecular weight is 156 g/mol. The number of aliphatic hydroxyl groups excluding tert-OH is 1. The van der Waals surface area contributed by atoms with E-state index in [1.807, 2.05) is 0 Å². The zero-order valence-corrected chi connectivity index (χ0v) is 5.26. The molecule has 0 bridgehead atoms. The topological polar surface area (TPSA) is 99.3 Å². The number of aliphatic hydroxyl groups is 1. The molecule has 0 saturated carbocycles. The second-order valence-corrected chi connectivity index (χ2v) is 1.86. The van der Waals surface area contributed by atoms with Gasteiger partial charge in [-0.15, -0.1) is 5.11 Å². The summed E-state index contributed by atoms with van der Waals surface area (Å²) in [4.78, 5) is 20.6. The van der Waals surface area contributed by atoms with E-state index < -0.39 is 23.7 Å². The molecule has 0 radical (unpaired) electrons. The van der Waals surface area contributed by atoms with Gasteiger partial charge in [0, 0.05) is 6.08 Å². The van der Waals surface area contributed by atoms with E-state index in [9.17, 15) is 9.59 Å². The first kappa shape index (κ1) is 7.39. The monoisotopic (exact) mass is 156 g/mol. The molecule has 1 aliphatic rings. The number of carbonyl (C=O) groups excluding carboxylic acids is 1. The molecule has 0 aromatic carbocycles. The van der Waals surface area contributed by atoms with Crippen LogP contribution in [0.3, 0.4) is 0 Å². The van der Waals surface area contributed by atoms with Gasteiger partial charge in [0.05, 0.1) is 0 Å². The summed E-state index contributed by atoms with van der Waals surface area (Å²) in [6.07, 6.45) is 0.728. The van der Waals surface area contributed by atoms with E-state index in [1.165, 1.54) is 0 Å². The predicted octanol–water partition coefficient (Wildman–Crippen LogP) is -0.126. The summed E-state index contributed by atoms with van der Waals surface area (Å²) in [5, 5.41) is 23.1. The molecule has 1 amide bonds. The van der Waals surface area contributed by atoms with Gasteiger partial charge in [0.1, 0.15) is 5.76 Å². The lowest BCUT2D eigenvalue weighted by atomic mass is 10.2. The highest BCUT2D eigenvalue weighted by atomic mass is 16.4. The maximum atomic E-state index is 10.4. The van der Waals surface area contributed by atoms with Gasteiger partial charge in [-0.25, -0.2) is 4.79 Å². The Bertz CT molecular complexity index is 268. The summed E-state index contributed by atoms with van der Waals surface area (Å²) in [6, 6.07) is -1.42. The molecule has 58 valence electrons. The van der Waals surface area contributed by atoms with Crippen LogP contribution < -0.4 is 0 Å². The molecule has 1 heterocycles. The number of amides is 1. The summed E-state index contributed by atoms with van der Waals surface area (Å²) in [6.45, 7) is 0. The lowest BCUT2D eigenvalue weighted by Gasteiger charge is -2.06. The number of aliphatic carboxylic acids is 1. The molecule has 0 aromatic rings. The van der Waals surface area contributed by atoms with Crippen molar-refractivity contribution in [3.8, 4) is 0 Å². The van der Waals surface area contributed by atoms with Gasteiger partial charge in [-0.1, -0.05) is 0 Å². The van der Waals surface area contributed by atoms with E-state index in [4.69, 9.17) is 10.2 Å². The Balaban J connectivity index is 2.88. The Morgan fingerprint density at radius 2 is 2.27 bits per heavy atom. The molecule has 0 aliphatic carbocycles. The molecule has 0 aromatic heterocycles. The molecule has 1 atom stereocenters. The molecule has 6 nitrogen and oxygen atoms in total. The molecule has 0 spiro atoms. The molecule has 2 N–H and O–H groups in total. The smallest absolute Gasteiger partial charge is 0.338 e. The fourth-order valence-electron chi connectivity index (χ4n) is 0.584. The van der Waals surface area contributed by atoms with E-state index >= 15 is 0 Å². The van der Waals surface area contributed by atoms with Crippen molar-refractivity contribution >= 4 is 11.9 Å². The Morgan fingerprint density at radius 1 is 1.64 bits per heavy atom.